The standard InChI is InChI=1S/C19H27NO2/c21-19(18-10-13-22-14-11-18)20-12-4-7-17(15-20)9-8-16-5-2-1-3-6-16/h1-3,5-6,17-18H,4,7-15H2/t17-/m0/s1. The number of hydrogen-bond acceptors (Lipinski definition) is 2. The third-order valence-electron chi connectivity index (χ3n) is 5.09. The van der Waals surface area contributed by atoms with Gasteiger partial charge in [0, 0.05) is 32.2 Å². The molecule has 2 fully saturated rings. The molecule has 22 heavy (non-hydrogen) atoms. The Morgan fingerprint density at radius 1 is 1.14 bits per heavy atom. The zero-order valence-corrected chi connectivity index (χ0v) is 13.4. The first-order valence-corrected chi connectivity index (χ1v) is 8.73. The summed E-state index contributed by atoms with van der Waals surface area (Å²) in [6, 6.07) is 10.7. The maximum absolute atomic E-state index is 12.6. The summed E-state index contributed by atoms with van der Waals surface area (Å²) in [6.07, 6.45) is 6.57. The van der Waals surface area contributed by atoms with Crippen LogP contribution in [0.5, 0.6) is 0 Å². The zero-order chi connectivity index (χ0) is 15.2. The number of nitrogens with zero attached hydrogens (tertiary/aromatic N) is 1. The van der Waals surface area contributed by atoms with Crippen LogP contribution in [0.1, 0.15) is 37.7 Å². The first-order valence-electron chi connectivity index (χ1n) is 8.73. The number of carbonyl (C=O) groups is 1. The zero-order valence-electron chi connectivity index (χ0n) is 13.4. The highest BCUT2D eigenvalue weighted by Gasteiger charge is 2.29. The average Bonchev–Trinajstić information content (AvgIpc) is 2.61. The van der Waals surface area contributed by atoms with Gasteiger partial charge in [-0.1, -0.05) is 30.3 Å². The predicted octanol–water partition coefficient (Wildman–Crippen LogP) is 3.28. The third kappa shape index (κ3) is 4.10. The molecule has 1 aromatic carbocycles. The maximum Gasteiger partial charge on any atom is 0.225 e. The van der Waals surface area contributed by atoms with E-state index in [1.807, 2.05) is 0 Å². The van der Waals surface area contributed by atoms with Crippen LogP contribution >= 0.6 is 0 Å². The Kier molecular flexibility index (Phi) is 5.49. The first kappa shape index (κ1) is 15.5. The number of rotatable bonds is 4. The number of amides is 1. The minimum atomic E-state index is 0.210. The lowest BCUT2D eigenvalue weighted by molar-refractivity contribution is -0.140. The molecular formula is C19H27NO2. The smallest absolute Gasteiger partial charge is 0.225 e. The molecule has 0 aromatic heterocycles. The molecule has 1 amide bonds. The molecule has 0 bridgehead atoms. The van der Waals surface area contributed by atoms with E-state index >= 15 is 0 Å². The van der Waals surface area contributed by atoms with Gasteiger partial charge >= 0.3 is 0 Å². The van der Waals surface area contributed by atoms with Gasteiger partial charge in [-0.3, -0.25) is 4.79 Å². The summed E-state index contributed by atoms with van der Waals surface area (Å²) >= 11 is 0. The van der Waals surface area contributed by atoms with Crippen molar-refractivity contribution >= 4 is 5.91 Å². The lowest BCUT2D eigenvalue weighted by atomic mass is 9.90. The van der Waals surface area contributed by atoms with Gasteiger partial charge in [0.1, 0.15) is 0 Å². The molecule has 0 saturated carbocycles. The second kappa shape index (κ2) is 7.77. The molecule has 0 spiro atoms. The van der Waals surface area contributed by atoms with Crippen molar-refractivity contribution in [3.63, 3.8) is 0 Å². The minimum Gasteiger partial charge on any atom is -0.381 e. The van der Waals surface area contributed by atoms with E-state index in [2.05, 4.69) is 35.2 Å². The van der Waals surface area contributed by atoms with Crippen molar-refractivity contribution in [3.8, 4) is 0 Å². The molecule has 3 rings (SSSR count). The number of piperidine rings is 1. The van der Waals surface area contributed by atoms with Crippen LogP contribution in [0.2, 0.25) is 0 Å². The Morgan fingerprint density at radius 2 is 1.91 bits per heavy atom. The summed E-state index contributed by atoms with van der Waals surface area (Å²) in [6.45, 7) is 3.42. The number of hydrogen-bond donors (Lipinski definition) is 0. The van der Waals surface area contributed by atoms with Crippen LogP contribution in [0.3, 0.4) is 0 Å². The molecule has 0 N–H and O–H groups in total. The van der Waals surface area contributed by atoms with E-state index in [4.69, 9.17) is 4.74 Å². The van der Waals surface area contributed by atoms with Crippen LogP contribution in [0.15, 0.2) is 30.3 Å². The van der Waals surface area contributed by atoms with Gasteiger partial charge in [-0.2, -0.15) is 0 Å². The Morgan fingerprint density at radius 3 is 2.68 bits per heavy atom. The number of likely N-dealkylation sites (tertiary alicyclic amines) is 1. The highest BCUT2D eigenvalue weighted by Crippen LogP contribution is 2.25. The Labute approximate surface area is 133 Å². The SMILES string of the molecule is O=C(C1CCOCC1)N1CCC[C@@H](CCc2ccccc2)C1. The fourth-order valence-corrected chi connectivity index (χ4v) is 3.72. The monoisotopic (exact) mass is 301 g/mol. The van der Waals surface area contributed by atoms with E-state index in [0.717, 1.165) is 52.0 Å². The number of aryl methyl sites for hydroxylation is 1. The molecular weight excluding hydrogens is 274 g/mol. The van der Waals surface area contributed by atoms with Crippen molar-refractivity contribution in [2.75, 3.05) is 26.3 Å². The average molecular weight is 301 g/mol. The van der Waals surface area contributed by atoms with Crippen LogP contribution in [-0.2, 0) is 16.0 Å². The fraction of sp³-hybridized carbons (Fsp3) is 0.632. The summed E-state index contributed by atoms with van der Waals surface area (Å²) in [5.41, 5.74) is 1.41. The number of benzene rings is 1. The van der Waals surface area contributed by atoms with Crippen molar-refractivity contribution in [2.24, 2.45) is 11.8 Å². The molecule has 1 atom stereocenters. The van der Waals surface area contributed by atoms with Crippen LogP contribution in [0.4, 0.5) is 0 Å². The van der Waals surface area contributed by atoms with E-state index in [9.17, 15) is 4.79 Å². The predicted molar refractivity (Wildman–Crippen MR) is 87.6 cm³/mol. The fourth-order valence-electron chi connectivity index (χ4n) is 3.72. The number of ether oxygens (including phenoxy) is 1. The van der Waals surface area contributed by atoms with Crippen molar-refractivity contribution in [1.82, 2.24) is 4.90 Å². The quantitative estimate of drug-likeness (QED) is 0.854. The largest absolute Gasteiger partial charge is 0.381 e. The second-order valence-corrected chi connectivity index (χ2v) is 6.70. The van der Waals surface area contributed by atoms with Crippen molar-refractivity contribution in [2.45, 2.75) is 38.5 Å². The summed E-state index contributed by atoms with van der Waals surface area (Å²) in [4.78, 5) is 14.8. The van der Waals surface area contributed by atoms with E-state index in [1.165, 1.54) is 18.4 Å². The second-order valence-electron chi connectivity index (χ2n) is 6.70. The summed E-state index contributed by atoms with van der Waals surface area (Å²) < 4.78 is 5.38. The summed E-state index contributed by atoms with van der Waals surface area (Å²) in [5.74, 6) is 1.26. The van der Waals surface area contributed by atoms with Crippen LogP contribution in [-0.4, -0.2) is 37.1 Å². The van der Waals surface area contributed by atoms with Crippen molar-refractivity contribution in [1.29, 1.82) is 0 Å². The minimum absolute atomic E-state index is 0.210. The molecule has 2 aliphatic heterocycles. The molecule has 0 radical (unpaired) electrons. The van der Waals surface area contributed by atoms with Gasteiger partial charge in [-0.05, 0) is 50.0 Å². The van der Waals surface area contributed by atoms with Crippen LogP contribution in [0.25, 0.3) is 0 Å². The summed E-state index contributed by atoms with van der Waals surface area (Å²) in [5, 5.41) is 0. The molecule has 1 aromatic rings. The van der Waals surface area contributed by atoms with E-state index < -0.39 is 0 Å². The Hall–Kier alpha value is -1.35. The van der Waals surface area contributed by atoms with Gasteiger partial charge < -0.3 is 9.64 Å². The van der Waals surface area contributed by atoms with E-state index in [1.54, 1.807) is 0 Å². The Bertz CT molecular complexity index is 468. The molecule has 120 valence electrons. The molecule has 2 saturated heterocycles. The molecule has 3 nitrogen and oxygen atoms in total. The van der Waals surface area contributed by atoms with Gasteiger partial charge in [0.25, 0.3) is 0 Å². The van der Waals surface area contributed by atoms with Gasteiger partial charge in [0.05, 0.1) is 0 Å². The lowest BCUT2D eigenvalue weighted by Gasteiger charge is -2.36. The first-order chi connectivity index (χ1) is 10.8. The van der Waals surface area contributed by atoms with E-state index in [0.29, 0.717) is 11.8 Å². The molecule has 2 heterocycles. The molecule has 0 unspecified atom stereocenters. The van der Waals surface area contributed by atoms with Gasteiger partial charge in [-0.15, -0.1) is 0 Å². The van der Waals surface area contributed by atoms with Crippen LogP contribution < -0.4 is 0 Å². The molecule has 0 aliphatic carbocycles. The third-order valence-corrected chi connectivity index (χ3v) is 5.09. The van der Waals surface area contributed by atoms with Crippen molar-refractivity contribution in [3.05, 3.63) is 35.9 Å². The normalized spacial score (nSPS) is 23.5. The van der Waals surface area contributed by atoms with Crippen molar-refractivity contribution < 1.29 is 9.53 Å². The number of carbonyl (C=O) groups excluding carboxylic acids is 1. The lowest BCUT2D eigenvalue weighted by Crippen LogP contribution is -2.44. The van der Waals surface area contributed by atoms with Gasteiger partial charge in [0.15, 0.2) is 0 Å². The molecule has 3 heteroatoms. The van der Waals surface area contributed by atoms with Crippen LogP contribution in [0, 0.1) is 11.8 Å². The van der Waals surface area contributed by atoms with Gasteiger partial charge in [-0.25, -0.2) is 0 Å². The highest BCUT2D eigenvalue weighted by molar-refractivity contribution is 5.79. The topological polar surface area (TPSA) is 29.5 Å². The van der Waals surface area contributed by atoms with E-state index in [-0.39, 0.29) is 5.92 Å². The summed E-state index contributed by atoms with van der Waals surface area (Å²) in [7, 11) is 0. The molecule has 2 aliphatic rings. The van der Waals surface area contributed by atoms with Gasteiger partial charge in [0.2, 0.25) is 5.91 Å². The Balaban J connectivity index is 1.49. The maximum atomic E-state index is 12.6. The highest BCUT2D eigenvalue weighted by atomic mass is 16.5.